The van der Waals surface area contributed by atoms with Gasteiger partial charge < -0.3 is 10.5 Å². The van der Waals surface area contributed by atoms with Crippen molar-refractivity contribution < 1.29 is 9.53 Å². The molecule has 0 saturated heterocycles. The first kappa shape index (κ1) is 24.8. The Bertz CT molecular complexity index is 732. The van der Waals surface area contributed by atoms with Crippen LogP contribution in [0.3, 0.4) is 0 Å². The molecule has 2 rings (SSSR count). The van der Waals surface area contributed by atoms with Gasteiger partial charge in [0.1, 0.15) is 0 Å². The summed E-state index contributed by atoms with van der Waals surface area (Å²) in [6.07, 6.45) is 3.64. The zero-order chi connectivity index (χ0) is 21.6. The third-order valence-electron chi connectivity index (χ3n) is 4.92. The molecular formula is C25H35NO2S2. The predicted octanol–water partition coefficient (Wildman–Crippen LogP) is 6.32. The Morgan fingerprint density at radius 3 is 1.97 bits per heavy atom. The van der Waals surface area contributed by atoms with Gasteiger partial charge in [0, 0.05) is 23.2 Å². The van der Waals surface area contributed by atoms with Crippen LogP contribution in [0.1, 0.15) is 61.8 Å². The topological polar surface area (TPSA) is 52.3 Å². The molecule has 0 aliphatic heterocycles. The summed E-state index contributed by atoms with van der Waals surface area (Å²) in [5.74, 6) is 2.94. The van der Waals surface area contributed by atoms with Crippen LogP contribution in [0, 0.1) is 0 Å². The fraction of sp³-hybridized carbons (Fsp3) is 0.480. The van der Waals surface area contributed by atoms with E-state index in [1.807, 2.05) is 23.5 Å². The summed E-state index contributed by atoms with van der Waals surface area (Å²) in [6.45, 7) is 5.79. The summed E-state index contributed by atoms with van der Waals surface area (Å²) in [6, 6.07) is 17.4. The van der Waals surface area contributed by atoms with E-state index in [4.69, 9.17) is 10.5 Å². The van der Waals surface area contributed by atoms with Crippen molar-refractivity contribution in [1.29, 1.82) is 0 Å². The van der Waals surface area contributed by atoms with Gasteiger partial charge >= 0.3 is 0 Å². The van der Waals surface area contributed by atoms with Crippen molar-refractivity contribution in [2.24, 2.45) is 5.73 Å². The molecule has 30 heavy (non-hydrogen) atoms. The molecule has 1 unspecified atom stereocenters. The molecule has 0 aliphatic carbocycles. The molecule has 0 fully saturated rings. The number of rotatable bonds is 15. The number of carbonyl (C=O) groups is 1. The fourth-order valence-electron chi connectivity index (χ4n) is 2.80. The van der Waals surface area contributed by atoms with Crippen LogP contribution < -0.4 is 5.73 Å². The summed E-state index contributed by atoms with van der Waals surface area (Å²) in [7, 11) is 0. The van der Waals surface area contributed by atoms with E-state index < -0.39 is 0 Å². The zero-order valence-corrected chi connectivity index (χ0v) is 19.9. The maximum atomic E-state index is 10.7. The third-order valence-corrected chi connectivity index (χ3v) is 7.44. The highest BCUT2D eigenvalue weighted by Crippen LogP contribution is 2.20. The van der Waals surface area contributed by atoms with E-state index in [1.165, 1.54) is 28.7 Å². The molecule has 1 atom stereocenters. The molecular weight excluding hydrogens is 410 g/mol. The SMILES string of the molecule is CCC(C)SCc1ccc(COCc2ccc(CSCCCCC(N)=O)cc2)cc1. The number of nitrogens with two attached hydrogens (primary N) is 1. The molecule has 2 aromatic rings. The number of primary amides is 1. The minimum atomic E-state index is -0.203. The van der Waals surface area contributed by atoms with Gasteiger partial charge in [-0.3, -0.25) is 4.79 Å². The Balaban J connectivity index is 1.62. The highest BCUT2D eigenvalue weighted by atomic mass is 32.2. The van der Waals surface area contributed by atoms with Crippen molar-refractivity contribution in [3.05, 3.63) is 70.8 Å². The van der Waals surface area contributed by atoms with Crippen molar-refractivity contribution >= 4 is 29.4 Å². The van der Waals surface area contributed by atoms with Crippen molar-refractivity contribution in [3.63, 3.8) is 0 Å². The van der Waals surface area contributed by atoms with Crippen molar-refractivity contribution in [3.8, 4) is 0 Å². The number of thioether (sulfide) groups is 2. The molecule has 0 aliphatic rings. The normalized spacial score (nSPS) is 12.1. The van der Waals surface area contributed by atoms with E-state index in [0.717, 1.165) is 30.1 Å². The van der Waals surface area contributed by atoms with Crippen LogP contribution in [0.25, 0.3) is 0 Å². The van der Waals surface area contributed by atoms with E-state index in [2.05, 4.69) is 62.4 Å². The average Bonchev–Trinajstić information content (AvgIpc) is 2.76. The van der Waals surface area contributed by atoms with Crippen LogP contribution in [0.2, 0.25) is 0 Å². The van der Waals surface area contributed by atoms with E-state index in [1.54, 1.807) is 0 Å². The summed E-state index contributed by atoms with van der Waals surface area (Å²) in [4.78, 5) is 10.7. The van der Waals surface area contributed by atoms with Crippen molar-refractivity contribution in [1.82, 2.24) is 0 Å². The Morgan fingerprint density at radius 2 is 1.43 bits per heavy atom. The van der Waals surface area contributed by atoms with Crippen LogP contribution in [0.15, 0.2) is 48.5 Å². The first-order valence-electron chi connectivity index (χ1n) is 10.8. The summed E-state index contributed by atoms with van der Waals surface area (Å²) < 4.78 is 5.90. The molecule has 5 heteroatoms. The van der Waals surface area contributed by atoms with Crippen LogP contribution in [-0.2, 0) is 34.3 Å². The van der Waals surface area contributed by atoms with Crippen molar-refractivity contribution in [2.45, 2.75) is 69.5 Å². The molecule has 2 N–H and O–H groups in total. The Labute approximate surface area is 190 Å². The molecule has 0 aromatic heterocycles. The van der Waals surface area contributed by atoms with Gasteiger partial charge in [0.2, 0.25) is 5.91 Å². The lowest BCUT2D eigenvalue weighted by Crippen LogP contribution is -2.09. The smallest absolute Gasteiger partial charge is 0.217 e. The Kier molecular flexibility index (Phi) is 12.0. The molecule has 0 bridgehead atoms. The molecule has 0 heterocycles. The van der Waals surface area contributed by atoms with Gasteiger partial charge in [-0.15, -0.1) is 0 Å². The quantitative estimate of drug-likeness (QED) is 0.326. The van der Waals surface area contributed by atoms with Gasteiger partial charge in [0.25, 0.3) is 0 Å². The second-order valence-electron chi connectivity index (χ2n) is 7.63. The fourth-order valence-corrected chi connectivity index (χ4v) is 4.69. The van der Waals surface area contributed by atoms with Gasteiger partial charge in [0.15, 0.2) is 0 Å². The minimum Gasteiger partial charge on any atom is -0.372 e. The van der Waals surface area contributed by atoms with E-state index in [-0.39, 0.29) is 5.91 Å². The van der Waals surface area contributed by atoms with Crippen molar-refractivity contribution in [2.75, 3.05) is 5.75 Å². The van der Waals surface area contributed by atoms with Crippen LogP contribution in [0.4, 0.5) is 0 Å². The Morgan fingerprint density at radius 1 is 0.900 bits per heavy atom. The van der Waals surface area contributed by atoms with E-state index in [0.29, 0.717) is 24.9 Å². The number of hydrogen-bond acceptors (Lipinski definition) is 4. The maximum Gasteiger partial charge on any atom is 0.217 e. The lowest BCUT2D eigenvalue weighted by Gasteiger charge is -2.09. The first-order chi connectivity index (χ1) is 14.6. The highest BCUT2D eigenvalue weighted by Gasteiger charge is 2.02. The van der Waals surface area contributed by atoms with Gasteiger partial charge in [-0.05, 0) is 47.3 Å². The number of unbranched alkanes of at least 4 members (excludes halogenated alkanes) is 1. The van der Waals surface area contributed by atoms with E-state index in [9.17, 15) is 4.79 Å². The Hall–Kier alpha value is -1.43. The molecule has 0 saturated carbocycles. The standard InChI is InChI=1S/C25H35NO2S2/c1-3-20(2)30-19-24-13-9-22(10-14-24)17-28-16-21-7-11-23(12-8-21)18-29-15-5-4-6-25(26)27/h7-14,20H,3-6,15-19H2,1-2H3,(H2,26,27). The van der Waals surface area contributed by atoms with Gasteiger partial charge in [0.05, 0.1) is 13.2 Å². The molecule has 0 radical (unpaired) electrons. The number of ether oxygens (including phenoxy) is 1. The highest BCUT2D eigenvalue weighted by molar-refractivity contribution is 7.99. The van der Waals surface area contributed by atoms with Crippen LogP contribution >= 0.6 is 23.5 Å². The molecule has 1 amide bonds. The molecule has 2 aromatic carbocycles. The largest absolute Gasteiger partial charge is 0.372 e. The van der Waals surface area contributed by atoms with Crippen LogP contribution in [0.5, 0.6) is 0 Å². The number of hydrogen-bond donors (Lipinski definition) is 1. The maximum absolute atomic E-state index is 10.7. The minimum absolute atomic E-state index is 0.203. The molecule has 3 nitrogen and oxygen atoms in total. The third kappa shape index (κ3) is 10.6. The number of benzene rings is 2. The average molecular weight is 446 g/mol. The number of carbonyl (C=O) groups excluding carboxylic acids is 1. The monoisotopic (exact) mass is 445 g/mol. The first-order valence-corrected chi connectivity index (χ1v) is 13.0. The van der Waals surface area contributed by atoms with Gasteiger partial charge in [-0.1, -0.05) is 62.4 Å². The van der Waals surface area contributed by atoms with Gasteiger partial charge in [-0.25, -0.2) is 0 Å². The lowest BCUT2D eigenvalue weighted by molar-refractivity contribution is -0.118. The molecule has 164 valence electrons. The van der Waals surface area contributed by atoms with Gasteiger partial charge in [-0.2, -0.15) is 23.5 Å². The van der Waals surface area contributed by atoms with E-state index >= 15 is 0 Å². The summed E-state index contributed by atoms with van der Waals surface area (Å²) in [5, 5.41) is 0.714. The summed E-state index contributed by atoms with van der Waals surface area (Å²) in [5.41, 5.74) is 10.3. The molecule has 0 spiro atoms. The lowest BCUT2D eigenvalue weighted by atomic mass is 10.1. The zero-order valence-electron chi connectivity index (χ0n) is 18.3. The van der Waals surface area contributed by atoms with Crippen LogP contribution in [-0.4, -0.2) is 16.9 Å². The second kappa shape index (κ2) is 14.6. The number of amides is 1. The predicted molar refractivity (Wildman–Crippen MR) is 132 cm³/mol. The second-order valence-corrected chi connectivity index (χ2v) is 10.2. The summed E-state index contributed by atoms with van der Waals surface area (Å²) >= 11 is 3.91.